The van der Waals surface area contributed by atoms with E-state index < -0.39 is 0 Å². The zero-order valence-corrected chi connectivity index (χ0v) is 14.9. The number of aromatic nitrogens is 2. The van der Waals surface area contributed by atoms with Crippen molar-refractivity contribution in [3.05, 3.63) is 51.8 Å². The van der Waals surface area contributed by atoms with Gasteiger partial charge in [-0.15, -0.1) is 0 Å². The van der Waals surface area contributed by atoms with Gasteiger partial charge < -0.3 is 10.4 Å². The fraction of sp³-hybridized carbons (Fsp3) is 0.500. The zero-order chi connectivity index (χ0) is 16.8. The molecule has 23 heavy (non-hydrogen) atoms. The maximum Gasteiger partial charge on any atom is 0.0677 e. The predicted molar refractivity (Wildman–Crippen MR) is 94.9 cm³/mol. The number of benzene rings is 1. The van der Waals surface area contributed by atoms with Crippen LogP contribution in [0.2, 0.25) is 5.02 Å². The Morgan fingerprint density at radius 1 is 1.30 bits per heavy atom. The lowest BCUT2D eigenvalue weighted by molar-refractivity contribution is 0.276. The average Bonchev–Trinajstić information content (AvgIpc) is 2.79. The van der Waals surface area contributed by atoms with Gasteiger partial charge in [-0.3, -0.25) is 4.68 Å². The topological polar surface area (TPSA) is 50.1 Å². The van der Waals surface area contributed by atoms with Gasteiger partial charge in [0.2, 0.25) is 0 Å². The third-order valence-electron chi connectivity index (χ3n) is 4.23. The van der Waals surface area contributed by atoms with Gasteiger partial charge in [-0.1, -0.05) is 29.8 Å². The summed E-state index contributed by atoms with van der Waals surface area (Å²) in [5, 5.41) is 17.9. The van der Waals surface area contributed by atoms with Crippen molar-refractivity contribution in [2.24, 2.45) is 0 Å². The Morgan fingerprint density at radius 2 is 2.04 bits per heavy atom. The minimum atomic E-state index is 0.250. The molecule has 4 nitrogen and oxygen atoms in total. The molecule has 0 bridgehead atoms. The highest BCUT2D eigenvalue weighted by molar-refractivity contribution is 6.31. The summed E-state index contributed by atoms with van der Waals surface area (Å²) in [5.41, 5.74) is 4.55. The van der Waals surface area contributed by atoms with Crippen molar-refractivity contribution in [3.8, 4) is 0 Å². The normalized spacial score (nSPS) is 12.6. The van der Waals surface area contributed by atoms with Crippen molar-refractivity contribution in [1.82, 2.24) is 15.1 Å². The quantitative estimate of drug-likeness (QED) is 0.776. The Bertz CT molecular complexity index is 639. The first-order chi connectivity index (χ1) is 11.0. The lowest BCUT2D eigenvalue weighted by Crippen LogP contribution is -2.26. The van der Waals surface area contributed by atoms with Crippen molar-refractivity contribution in [2.45, 2.75) is 52.7 Å². The molecule has 126 valence electrons. The lowest BCUT2D eigenvalue weighted by Gasteiger charge is -2.13. The van der Waals surface area contributed by atoms with Crippen LogP contribution >= 0.6 is 11.6 Å². The second-order valence-corrected chi connectivity index (χ2v) is 6.45. The number of hydrogen-bond acceptors (Lipinski definition) is 3. The smallest absolute Gasteiger partial charge is 0.0677 e. The molecule has 1 heterocycles. The van der Waals surface area contributed by atoms with Gasteiger partial charge in [0.05, 0.1) is 12.2 Å². The average molecular weight is 336 g/mol. The number of aliphatic hydroxyl groups excluding tert-OH is 1. The fourth-order valence-corrected chi connectivity index (χ4v) is 2.90. The van der Waals surface area contributed by atoms with Crippen LogP contribution in [0.4, 0.5) is 0 Å². The third-order valence-corrected chi connectivity index (χ3v) is 4.60. The first-order valence-electron chi connectivity index (χ1n) is 8.13. The second kappa shape index (κ2) is 8.48. The SMILES string of the molecule is Cc1nn(Cc2ccccc2Cl)c(C)c1CNC(C)CCCO. The summed E-state index contributed by atoms with van der Waals surface area (Å²) in [6.07, 6.45) is 1.81. The van der Waals surface area contributed by atoms with Crippen LogP contribution in [0.5, 0.6) is 0 Å². The number of nitrogens with one attached hydrogen (secondary N) is 1. The summed E-state index contributed by atoms with van der Waals surface area (Å²) in [5.74, 6) is 0. The molecule has 2 aromatic rings. The van der Waals surface area contributed by atoms with Gasteiger partial charge in [-0.05, 0) is 45.2 Å². The highest BCUT2D eigenvalue weighted by Crippen LogP contribution is 2.19. The van der Waals surface area contributed by atoms with E-state index in [-0.39, 0.29) is 6.61 Å². The number of nitrogens with zero attached hydrogens (tertiary/aromatic N) is 2. The molecule has 0 aliphatic rings. The molecule has 0 aliphatic carbocycles. The molecule has 1 aromatic heterocycles. The number of aliphatic hydroxyl groups is 1. The largest absolute Gasteiger partial charge is 0.396 e. The van der Waals surface area contributed by atoms with Crippen LogP contribution in [0.3, 0.4) is 0 Å². The van der Waals surface area contributed by atoms with Crippen LogP contribution in [0.1, 0.15) is 42.3 Å². The van der Waals surface area contributed by atoms with Crippen molar-refractivity contribution in [1.29, 1.82) is 0 Å². The highest BCUT2D eigenvalue weighted by Gasteiger charge is 2.13. The zero-order valence-electron chi connectivity index (χ0n) is 14.1. The molecule has 0 saturated carbocycles. The maximum atomic E-state index is 8.90. The van der Waals surface area contributed by atoms with Crippen LogP contribution in [-0.4, -0.2) is 27.5 Å². The molecule has 0 amide bonds. The Morgan fingerprint density at radius 3 is 2.74 bits per heavy atom. The minimum absolute atomic E-state index is 0.250. The molecule has 2 rings (SSSR count). The monoisotopic (exact) mass is 335 g/mol. The van der Waals surface area contributed by atoms with E-state index in [1.807, 2.05) is 35.9 Å². The molecule has 0 saturated heterocycles. The molecule has 0 spiro atoms. The molecule has 0 aliphatic heterocycles. The summed E-state index contributed by atoms with van der Waals surface area (Å²) in [6, 6.07) is 8.27. The van der Waals surface area contributed by atoms with Crippen LogP contribution < -0.4 is 5.32 Å². The number of halogens is 1. The highest BCUT2D eigenvalue weighted by atomic mass is 35.5. The summed E-state index contributed by atoms with van der Waals surface area (Å²) < 4.78 is 2.02. The molecule has 2 N–H and O–H groups in total. The van der Waals surface area contributed by atoms with Crippen molar-refractivity contribution in [3.63, 3.8) is 0 Å². The summed E-state index contributed by atoms with van der Waals surface area (Å²) in [7, 11) is 0. The van der Waals surface area contributed by atoms with Gasteiger partial charge in [-0.2, -0.15) is 5.10 Å². The van der Waals surface area contributed by atoms with Gasteiger partial charge in [-0.25, -0.2) is 0 Å². The molecule has 1 aromatic carbocycles. The second-order valence-electron chi connectivity index (χ2n) is 6.05. The first-order valence-corrected chi connectivity index (χ1v) is 8.51. The van der Waals surface area contributed by atoms with E-state index in [1.54, 1.807) is 0 Å². The standard InChI is InChI=1S/C18H26ClN3O/c1-13(7-6-10-23)20-11-17-14(2)21-22(15(17)3)12-16-8-4-5-9-18(16)19/h4-5,8-9,13,20,23H,6-7,10-12H2,1-3H3. The molecular weight excluding hydrogens is 310 g/mol. The lowest BCUT2D eigenvalue weighted by atomic mass is 10.1. The summed E-state index contributed by atoms with van der Waals surface area (Å²) >= 11 is 6.25. The maximum absolute atomic E-state index is 8.90. The van der Waals surface area contributed by atoms with E-state index in [4.69, 9.17) is 16.7 Å². The molecule has 0 fully saturated rings. The van der Waals surface area contributed by atoms with E-state index >= 15 is 0 Å². The van der Waals surface area contributed by atoms with Crippen LogP contribution in [0.25, 0.3) is 0 Å². The van der Waals surface area contributed by atoms with Crippen LogP contribution in [0, 0.1) is 13.8 Å². The van der Waals surface area contributed by atoms with Gasteiger partial charge in [0.15, 0.2) is 0 Å². The number of hydrogen-bond donors (Lipinski definition) is 2. The van der Waals surface area contributed by atoms with E-state index in [0.717, 1.165) is 35.7 Å². The van der Waals surface area contributed by atoms with E-state index in [1.165, 1.54) is 11.3 Å². The van der Waals surface area contributed by atoms with Gasteiger partial charge >= 0.3 is 0 Å². The summed E-state index contributed by atoms with van der Waals surface area (Å²) in [6.45, 7) is 8.03. The molecule has 5 heteroatoms. The predicted octanol–water partition coefficient (Wildman–Crippen LogP) is 3.45. The summed E-state index contributed by atoms with van der Waals surface area (Å²) in [4.78, 5) is 0. The fourth-order valence-electron chi connectivity index (χ4n) is 2.71. The Kier molecular flexibility index (Phi) is 6.63. The van der Waals surface area contributed by atoms with Crippen molar-refractivity contribution >= 4 is 11.6 Å². The van der Waals surface area contributed by atoms with Gasteiger partial charge in [0.1, 0.15) is 0 Å². The van der Waals surface area contributed by atoms with Gasteiger partial charge in [0, 0.05) is 35.5 Å². The van der Waals surface area contributed by atoms with Crippen molar-refractivity contribution < 1.29 is 5.11 Å². The Balaban J connectivity index is 2.06. The molecule has 0 radical (unpaired) electrons. The van der Waals surface area contributed by atoms with Crippen LogP contribution in [0.15, 0.2) is 24.3 Å². The number of aryl methyl sites for hydroxylation is 1. The number of rotatable bonds is 8. The van der Waals surface area contributed by atoms with E-state index in [0.29, 0.717) is 12.6 Å². The molecule has 1 unspecified atom stereocenters. The minimum Gasteiger partial charge on any atom is -0.396 e. The molecular formula is C18H26ClN3O. The molecule has 1 atom stereocenters. The van der Waals surface area contributed by atoms with Crippen molar-refractivity contribution in [2.75, 3.05) is 6.61 Å². The third kappa shape index (κ3) is 4.80. The first kappa shape index (κ1) is 18.0. The van der Waals surface area contributed by atoms with E-state index in [2.05, 4.69) is 24.3 Å². The van der Waals surface area contributed by atoms with Crippen LogP contribution in [-0.2, 0) is 13.1 Å². The van der Waals surface area contributed by atoms with E-state index in [9.17, 15) is 0 Å². The Labute approximate surface area is 143 Å². The van der Waals surface area contributed by atoms with Gasteiger partial charge in [0.25, 0.3) is 0 Å². The Hall–Kier alpha value is -1.36.